The SMILES string of the molecule is [CH-]1CCCCC1.[CH2-]C(C)O.[Y]. The van der Waals surface area contributed by atoms with Gasteiger partial charge in [0.2, 0.25) is 0 Å². The molecule has 0 aliphatic heterocycles. The van der Waals surface area contributed by atoms with Crippen molar-refractivity contribution in [3.05, 3.63) is 13.3 Å². The van der Waals surface area contributed by atoms with E-state index in [-0.39, 0.29) is 32.7 Å². The number of hydrogen-bond acceptors (Lipinski definition) is 1. The maximum atomic E-state index is 7.94. The van der Waals surface area contributed by atoms with Crippen LogP contribution in [0.25, 0.3) is 0 Å². The first-order chi connectivity index (χ1) is 4.73. The quantitative estimate of drug-likeness (QED) is 0.634. The molecule has 65 valence electrons. The van der Waals surface area contributed by atoms with Crippen molar-refractivity contribution in [3.63, 3.8) is 0 Å². The average Bonchev–Trinajstić information content (AvgIpc) is 1.90. The van der Waals surface area contributed by atoms with E-state index in [0.29, 0.717) is 0 Å². The van der Waals surface area contributed by atoms with Crippen molar-refractivity contribution < 1.29 is 37.8 Å². The fraction of sp³-hybridized carbons (Fsp3) is 0.778. The molecule has 1 fully saturated rings. The van der Waals surface area contributed by atoms with Gasteiger partial charge in [0.1, 0.15) is 0 Å². The monoisotopic (exact) mass is 231 g/mol. The van der Waals surface area contributed by atoms with E-state index < -0.39 is 6.10 Å². The molecule has 0 bridgehead atoms. The van der Waals surface area contributed by atoms with Crippen LogP contribution in [0.2, 0.25) is 0 Å². The van der Waals surface area contributed by atoms with E-state index in [1.165, 1.54) is 32.1 Å². The number of aliphatic hydroxyl groups excluding tert-OH is 1. The molecule has 1 unspecified atom stereocenters. The van der Waals surface area contributed by atoms with E-state index in [9.17, 15) is 0 Å². The molecule has 0 aromatic rings. The van der Waals surface area contributed by atoms with Crippen LogP contribution >= 0.6 is 0 Å². The van der Waals surface area contributed by atoms with Gasteiger partial charge in [-0.25, -0.2) is 0 Å². The van der Waals surface area contributed by atoms with Crippen molar-refractivity contribution in [2.75, 3.05) is 0 Å². The molecule has 0 spiro atoms. The van der Waals surface area contributed by atoms with E-state index in [1.807, 2.05) is 0 Å². The summed E-state index contributed by atoms with van der Waals surface area (Å²) in [5, 5.41) is 7.94. The summed E-state index contributed by atoms with van der Waals surface area (Å²) in [5.41, 5.74) is 0. The molecule has 1 saturated carbocycles. The third-order valence-corrected chi connectivity index (χ3v) is 1.32. The minimum absolute atomic E-state index is 0. The Morgan fingerprint density at radius 1 is 1.27 bits per heavy atom. The fourth-order valence-electron chi connectivity index (χ4n) is 0.898. The van der Waals surface area contributed by atoms with Crippen molar-refractivity contribution in [3.8, 4) is 0 Å². The van der Waals surface area contributed by atoms with Gasteiger partial charge in [0, 0.05) is 32.7 Å². The molecule has 1 aliphatic rings. The van der Waals surface area contributed by atoms with Crippen LogP contribution in [0.4, 0.5) is 0 Å². The summed E-state index contributed by atoms with van der Waals surface area (Å²) in [6.07, 6.45) is 9.08. The molecule has 0 saturated heterocycles. The molecule has 2 heteroatoms. The van der Waals surface area contributed by atoms with Gasteiger partial charge in [0.25, 0.3) is 0 Å². The summed E-state index contributed by atoms with van der Waals surface area (Å²) in [6, 6.07) is 0. The normalized spacial score (nSPS) is 18.8. The molecular formula is C9H18OY-2. The number of hydrogen-bond donors (Lipinski definition) is 1. The predicted octanol–water partition coefficient (Wildman–Crippen LogP) is 2.35. The average molecular weight is 231 g/mol. The molecule has 0 aromatic heterocycles. The Hall–Kier alpha value is 1.06. The zero-order valence-corrected chi connectivity index (χ0v) is 10.3. The molecule has 1 atom stereocenters. The summed E-state index contributed by atoms with van der Waals surface area (Å²) in [7, 11) is 0. The second kappa shape index (κ2) is 11.1. The van der Waals surface area contributed by atoms with Gasteiger partial charge in [-0.2, -0.15) is 12.8 Å². The van der Waals surface area contributed by atoms with Crippen LogP contribution in [-0.4, -0.2) is 11.2 Å². The Morgan fingerprint density at radius 2 is 1.64 bits per heavy atom. The zero-order chi connectivity index (χ0) is 7.82. The molecule has 1 N–H and O–H groups in total. The Bertz CT molecular complexity index is 46.3. The molecule has 1 radical (unpaired) electrons. The smallest absolute Gasteiger partial charge is 0 e. The van der Waals surface area contributed by atoms with Crippen LogP contribution in [0.3, 0.4) is 0 Å². The molecular weight excluding hydrogens is 213 g/mol. The van der Waals surface area contributed by atoms with Crippen molar-refractivity contribution in [2.24, 2.45) is 0 Å². The van der Waals surface area contributed by atoms with Crippen LogP contribution in [0, 0.1) is 13.3 Å². The van der Waals surface area contributed by atoms with Crippen LogP contribution in [0.15, 0.2) is 0 Å². The van der Waals surface area contributed by atoms with Crippen LogP contribution in [0.1, 0.15) is 39.0 Å². The van der Waals surface area contributed by atoms with Gasteiger partial charge >= 0.3 is 0 Å². The first kappa shape index (κ1) is 14.6. The molecule has 0 amide bonds. The van der Waals surface area contributed by atoms with Gasteiger partial charge in [0.05, 0.1) is 0 Å². The van der Waals surface area contributed by atoms with E-state index in [2.05, 4.69) is 13.3 Å². The Kier molecular flexibility index (Phi) is 14.7. The van der Waals surface area contributed by atoms with Gasteiger partial charge in [-0.15, -0.1) is 0 Å². The van der Waals surface area contributed by atoms with Gasteiger partial charge < -0.3 is 18.5 Å². The fourth-order valence-corrected chi connectivity index (χ4v) is 0.898. The topological polar surface area (TPSA) is 20.2 Å². The van der Waals surface area contributed by atoms with Gasteiger partial charge in [-0.05, 0) is 0 Å². The molecule has 1 rings (SSSR count). The van der Waals surface area contributed by atoms with Gasteiger partial charge in [0.15, 0.2) is 0 Å². The van der Waals surface area contributed by atoms with Gasteiger partial charge in [-0.1, -0.05) is 32.3 Å². The van der Waals surface area contributed by atoms with Crippen LogP contribution < -0.4 is 0 Å². The standard InChI is InChI=1S/C6H11.C3H7O.Y/c1-2-4-6-5-3-1;1-3(2)4;/h1H,2-6H2;3-4H,1H2,2H3;/q2*-1;. The molecule has 1 nitrogen and oxygen atoms in total. The summed E-state index contributed by atoms with van der Waals surface area (Å²) in [6.45, 7) is 4.81. The van der Waals surface area contributed by atoms with E-state index in [1.54, 1.807) is 6.92 Å². The van der Waals surface area contributed by atoms with Crippen LogP contribution in [0.5, 0.6) is 0 Å². The summed E-state index contributed by atoms with van der Waals surface area (Å²) in [5.74, 6) is 0. The van der Waals surface area contributed by atoms with Crippen molar-refractivity contribution in [1.29, 1.82) is 0 Å². The first-order valence-corrected chi connectivity index (χ1v) is 4.06. The predicted molar refractivity (Wildman–Crippen MR) is 44.4 cm³/mol. The largest absolute Gasteiger partial charge is 0.426 e. The number of aliphatic hydroxyl groups is 1. The minimum atomic E-state index is -0.417. The van der Waals surface area contributed by atoms with Crippen molar-refractivity contribution >= 4 is 0 Å². The zero-order valence-electron chi connectivity index (χ0n) is 7.42. The second-order valence-electron chi connectivity index (χ2n) is 2.78. The summed E-state index contributed by atoms with van der Waals surface area (Å²) >= 11 is 0. The van der Waals surface area contributed by atoms with Gasteiger partial charge in [-0.3, -0.25) is 0 Å². The van der Waals surface area contributed by atoms with Crippen molar-refractivity contribution in [1.82, 2.24) is 0 Å². The van der Waals surface area contributed by atoms with E-state index in [4.69, 9.17) is 5.11 Å². The van der Waals surface area contributed by atoms with Crippen molar-refractivity contribution in [2.45, 2.75) is 45.1 Å². The minimum Gasteiger partial charge on any atom is -0.426 e. The molecule has 0 heterocycles. The third-order valence-electron chi connectivity index (χ3n) is 1.32. The number of rotatable bonds is 0. The summed E-state index contributed by atoms with van der Waals surface area (Å²) < 4.78 is 0. The maximum absolute atomic E-state index is 7.94. The Labute approximate surface area is 95.8 Å². The maximum Gasteiger partial charge on any atom is 0 e. The molecule has 1 aliphatic carbocycles. The molecule has 11 heavy (non-hydrogen) atoms. The summed E-state index contributed by atoms with van der Waals surface area (Å²) in [4.78, 5) is 0. The Morgan fingerprint density at radius 3 is 1.73 bits per heavy atom. The van der Waals surface area contributed by atoms with Crippen LogP contribution in [-0.2, 0) is 32.7 Å². The Balaban J connectivity index is 0. The van der Waals surface area contributed by atoms with E-state index >= 15 is 0 Å². The first-order valence-electron chi connectivity index (χ1n) is 4.06. The molecule has 0 aromatic carbocycles. The second-order valence-corrected chi connectivity index (χ2v) is 2.78. The van der Waals surface area contributed by atoms with E-state index in [0.717, 1.165) is 0 Å². The third kappa shape index (κ3) is 18.2.